The van der Waals surface area contributed by atoms with Gasteiger partial charge in [0.05, 0.1) is 0 Å². The molecule has 0 aliphatic heterocycles. The van der Waals surface area contributed by atoms with Crippen LogP contribution in [0.3, 0.4) is 0 Å². The average molecular weight is 198 g/mol. The Bertz CT molecular complexity index is 186. The quantitative estimate of drug-likeness (QED) is 0.696. The lowest BCUT2D eigenvalue weighted by Gasteiger charge is -2.26. The molecule has 1 fully saturated rings. The maximum atomic E-state index is 11.4. The second kappa shape index (κ2) is 5.35. The van der Waals surface area contributed by atoms with Gasteiger partial charge in [-0.05, 0) is 32.9 Å². The predicted molar refractivity (Wildman–Crippen MR) is 58.1 cm³/mol. The Labute approximate surface area is 86.9 Å². The van der Waals surface area contributed by atoms with Gasteiger partial charge < -0.3 is 5.32 Å². The van der Waals surface area contributed by atoms with Crippen LogP contribution in [0.25, 0.3) is 0 Å². The van der Waals surface area contributed by atoms with E-state index in [1.807, 2.05) is 0 Å². The van der Waals surface area contributed by atoms with Crippen molar-refractivity contribution in [2.24, 2.45) is 5.92 Å². The molecule has 0 aromatic carbocycles. The molecule has 0 radical (unpaired) electrons. The zero-order chi connectivity index (χ0) is 10.6. The fourth-order valence-corrected chi connectivity index (χ4v) is 1.71. The molecule has 0 bridgehead atoms. The number of hydrogen-bond donors (Lipinski definition) is 1. The number of nitrogens with zero attached hydrogens (tertiary/aromatic N) is 1. The molecule has 0 aromatic rings. The number of rotatable bonds is 6. The van der Waals surface area contributed by atoms with E-state index >= 15 is 0 Å². The van der Waals surface area contributed by atoms with Crippen molar-refractivity contribution in [1.82, 2.24) is 10.2 Å². The van der Waals surface area contributed by atoms with E-state index in [4.69, 9.17) is 0 Å². The van der Waals surface area contributed by atoms with Gasteiger partial charge in [0.25, 0.3) is 0 Å². The summed E-state index contributed by atoms with van der Waals surface area (Å²) in [6.45, 7) is 9.37. The van der Waals surface area contributed by atoms with E-state index in [0.29, 0.717) is 12.0 Å². The average Bonchev–Trinajstić information content (AvgIpc) is 2.99. The summed E-state index contributed by atoms with van der Waals surface area (Å²) in [4.78, 5) is 13.7. The Morgan fingerprint density at radius 2 is 2.00 bits per heavy atom. The molecule has 1 rings (SSSR count). The summed E-state index contributed by atoms with van der Waals surface area (Å²) in [6, 6.07) is 0.452. The molecule has 82 valence electrons. The minimum absolute atomic E-state index is 0.254. The molecule has 0 spiro atoms. The third-order valence-corrected chi connectivity index (χ3v) is 2.96. The molecule has 1 N–H and O–H groups in total. The largest absolute Gasteiger partial charge is 0.354 e. The van der Waals surface area contributed by atoms with Crippen LogP contribution in [0.2, 0.25) is 0 Å². The molecule has 0 saturated heterocycles. The predicted octanol–water partition coefficient (Wildman–Crippen LogP) is 1.24. The second-order valence-corrected chi connectivity index (χ2v) is 4.09. The zero-order valence-corrected chi connectivity index (χ0v) is 9.55. The molecular weight excluding hydrogens is 176 g/mol. The summed E-state index contributed by atoms with van der Waals surface area (Å²) in [5.74, 6) is 0.586. The van der Waals surface area contributed by atoms with E-state index in [-0.39, 0.29) is 5.91 Å². The van der Waals surface area contributed by atoms with Crippen molar-refractivity contribution in [3.8, 4) is 0 Å². The Hall–Kier alpha value is -0.570. The van der Waals surface area contributed by atoms with Crippen LogP contribution in [0, 0.1) is 5.92 Å². The van der Waals surface area contributed by atoms with Crippen molar-refractivity contribution < 1.29 is 4.79 Å². The molecule has 1 atom stereocenters. The highest BCUT2D eigenvalue weighted by Crippen LogP contribution is 2.28. The van der Waals surface area contributed by atoms with Gasteiger partial charge >= 0.3 is 0 Å². The van der Waals surface area contributed by atoms with E-state index in [2.05, 4.69) is 31.0 Å². The highest BCUT2D eigenvalue weighted by molar-refractivity contribution is 5.80. The first kappa shape index (κ1) is 11.5. The van der Waals surface area contributed by atoms with Crippen LogP contribution in [-0.2, 0) is 4.79 Å². The monoisotopic (exact) mass is 198 g/mol. The van der Waals surface area contributed by atoms with Crippen molar-refractivity contribution in [3.63, 3.8) is 0 Å². The SMILES string of the molecule is CCN(CC)C(C)CNC(=O)C1CC1. The Morgan fingerprint density at radius 1 is 1.43 bits per heavy atom. The summed E-state index contributed by atoms with van der Waals surface area (Å²) in [6.07, 6.45) is 2.18. The van der Waals surface area contributed by atoms with Gasteiger partial charge in [-0.3, -0.25) is 9.69 Å². The van der Waals surface area contributed by atoms with Gasteiger partial charge in [0.1, 0.15) is 0 Å². The van der Waals surface area contributed by atoms with Gasteiger partial charge in [0, 0.05) is 18.5 Å². The third-order valence-electron chi connectivity index (χ3n) is 2.96. The molecule has 0 aromatic heterocycles. The van der Waals surface area contributed by atoms with Crippen molar-refractivity contribution >= 4 is 5.91 Å². The number of carbonyl (C=O) groups excluding carboxylic acids is 1. The van der Waals surface area contributed by atoms with Gasteiger partial charge in [-0.15, -0.1) is 0 Å². The first-order valence-corrected chi connectivity index (χ1v) is 5.70. The lowest BCUT2D eigenvalue weighted by molar-refractivity contribution is -0.122. The van der Waals surface area contributed by atoms with Gasteiger partial charge in [-0.25, -0.2) is 0 Å². The summed E-state index contributed by atoms with van der Waals surface area (Å²) >= 11 is 0. The van der Waals surface area contributed by atoms with Crippen LogP contribution in [0.1, 0.15) is 33.6 Å². The third kappa shape index (κ3) is 3.29. The molecule has 1 amide bonds. The van der Waals surface area contributed by atoms with E-state index in [1.165, 1.54) is 0 Å². The van der Waals surface area contributed by atoms with E-state index in [0.717, 1.165) is 32.5 Å². The first-order valence-electron chi connectivity index (χ1n) is 5.70. The van der Waals surface area contributed by atoms with Crippen LogP contribution in [-0.4, -0.2) is 36.5 Å². The van der Waals surface area contributed by atoms with Gasteiger partial charge in [0.15, 0.2) is 0 Å². The van der Waals surface area contributed by atoms with Crippen molar-refractivity contribution in [2.75, 3.05) is 19.6 Å². The number of nitrogens with one attached hydrogen (secondary N) is 1. The van der Waals surface area contributed by atoms with Crippen molar-refractivity contribution in [2.45, 2.75) is 39.7 Å². The molecule has 1 aliphatic rings. The normalized spacial score (nSPS) is 18.3. The second-order valence-electron chi connectivity index (χ2n) is 4.09. The highest BCUT2D eigenvalue weighted by atomic mass is 16.2. The van der Waals surface area contributed by atoms with Crippen LogP contribution in [0.15, 0.2) is 0 Å². The summed E-state index contributed by atoms with van der Waals surface area (Å²) < 4.78 is 0. The maximum absolute atomic E-state index is 11.4. The zero-order valence-electron chi connectivity index (χ0n) is 9.55. The summed E-state index contributed by atoms with van der Waals surface area (Å²) in [5.41, 5.74) is 0. The molecule has 1 saturated carbocycles. The van der Waals surface area contributed by atoms with Gasteiger partial charge in [-0.1, -0.05) is 13.8 Å². The smallest absolute Gasteiger partial charge is 0.223 e. The minimum Gasteiger partial charge on any atom is -0.354 e. The molecule has 3 nitrogen and oxygen atoms in total. The molecule has 1 aliphatic carbocycles. The fraction of sp³-hybridized carbons (Fsp3) is 0.909. The molecular formula is C11H22N2O. The van der Waals surface area contributed by atoms with Crippen LogP contribution >= 0.6 is 0 Å². The number of hydrogen-bond acceptors (Lipinski definition) is 2. The first-order chi connectivity index (χ1) is 6.69. The van der Waals surface area contributed by atoms with Crippen LogP contribution in [0.4, 0.5) is 0 Å². The lowest BCUT2D eigenvalue weighted by atomic mass is 10.2. The van der Waals surface area contributed by atoms with Gasteiger partial charge in [-0.2, -0.15) is 0 Å². The van der Waals surface area contributed by atoms with Crippen LogP contribution < -0.4 is 5.32 Å². The van der Waals surface area contributed by atoms with E-state index in [9.17, 15) is 4.79 Å². The summed E-state index contributed by atoms with van der Waals surface area (Å²) in [5, 5.41) is 3.01. The topological polar surface area (TPSA) is 32.3 Å². The summed E-state index contributed by atoms with van der Waals surface area (Å²) in [7, 11) is 0. The standard InChI is InChI=1S/C11H22N2O/c1-4-13(5-2)9(3)8-12-11(14)10-6-7-10/h9-10H,4-8H2,1-3H3,(H,12,14). The minimum atomic E-state index is 0.254. The Morgan fingerprint density at radius 3 is 2.43 bits per heavy atom. The van der Waals surface area contributed by atoms with Crippen molar-refractivity contribution in [1.29, 1.82) is 0 Å². The number of likely N-dealkylation sites (N-methyl/N-ethyl adjacent to an activating group) is 1. The fourth-order valence-electron chi connectivity index (χ4n) is 1.71. The number of amides is 1. The molecule has 14 heavy (non-hydrogen) atoms. The van der Waals surface area contributed by atoms with E-state index < -0.39 is 0 Å². The Kier molecular flexibility index (Phi) is 4.39. The molecule has 1 unspecified atom stereocenters. The van der Waals surface area contributed by atoms with E-state index in [1.54, 1.807) is 0 Å². The van der Waals surface area contributed by atoms with Gasteiger partial charge in [0.2, 0.25) is 5.91 Å². The molecule has 0 heterocycles. The maximum Gasteiger partial charge on any atom is 0.223 e. The molecule has 3 heteroatoms. The highest BCUT2D eigenvalue weighted by Gasteiger charge is 2.29. The lowest BCUT2D eigenvalue weighted by Crippen LogP contribution is -2.42. The van der Waals surface area contributed by atoms with Crippen molar-refractivity contribution in [3.05, 3.63) is 0 Å². The Balaban J connectivity index is 2.18. The van der Waals surface area contributed by atoms with Crippen LogP contribution in [0.5, 0.6) is 0 Å². The number of carbonyl (C=O) groups is 1.